The number of nitrogens with one attached hydrogen (secondary N) is 2. The molecule has 1 amide bonds. The summed E-state index contributed by atoms with van der Waals surface area (Å²) in [5.41, 5.74) is 1.17. The number of rotatable bonds is 7. The largest absolute Gasteiger partial charge is 0.351 e. The summed E-state index contributed by atoms with van der Waals surface area (Å²) < 4.78 is 39.0. The molecule has 1 aromatic heterocycles. The van der Waals surface area contributed by atoms with E-state index in [-0.39, 0.29) is 18.8 Å². The quantitative estimate of drug-likeness (QED) is 0.788. The van der Waals surface area contributed by atoms with Gasteiger partial charge < -0.3 is 5.32 Å². The number of carbonyl (C=O) groups excluding carboxylic acids is 1. The number of benzene rings is 1. The van der Waals surface area contributed by atoms with Gasteiger partial charge >= 0.3 is 0 Å². The zero-order chi connectivity index (χ0) is 16.7. The molecular formula is C15H16FN3O3S. The molecule has 0 radical (unpaired) electrons. The van der Waals surface area contributed by atoms with E-state index in [1.165, 1.54) is 18.2 Å². The zero-order valence-corrected chi connectivity index (χ0v) is 13.0. The van der Waals surface area contributed by atoms with Crippen molar-refractivity contribution in [2.75, 3.05) is 6.54 Å². The number of nitrogens with zero attached hydrogens (tertiary/aromatic N) is 1. The van der Waals surface area contributed by atoms with Gasteiger partial charge in [0.25, 0.3) is 0 Å². The van der Waals surface area contributed by atoms with Crippen molar-refractivity contribution in [2.45, 2.75) is 12.3 Å². The number of sulfonamides is 1. The van der Waals surface area contributed by atoms with Crippen molar-refractivity contribution in [2.24, 2.45) is 0 Å². The number of halogens is 1. The fourth-order valence-electron chi connectivity index (χ4n) is 1.84. The van der Waals surface area contributed by atoms with Gasteiger partial charge in [0.15, 0.2) is 0 Å². The Hall–Kier alpha value is -2.32. The van der Waals surface area contributed by atoms with Crippen LogP contribution in [0.15, 0.2) is 48.8 Å². The Bertz CT molecular complexity index is 767. The predicted molar refractivity (Wildman–Crippen MR) is 83.1 cm³/mol. The third-order valence-electron chi connectivity index (χ3n) is 2.94. The molecule has 0 aliphatic heterocycles. The standard InChI is InChI=1S/C15H16FN3O3S/c16-14-3-1-2-13(8-14)11-23(21,22)19-10-15(20)18-9-12-4-6-17-7-5-12/h1-8,19H,9-11H2,(H,18,20). The van der Waals surface area contributed by atoms with E-state index in [0.717, 1.165) is 11.6 Å². The highest BCUT2D eigenvalue weighted by Crippen LogP contribution is 2.07. The van der Waals surface area contributed by atoms with E-state index in [1.54, 1.807) is 24.5 Å². The molecule has 8 heteroatoms. The molecule has 0 saturated heterocycles. The zero-order valence-electron chi connectivity index (χ0n) is 12.2. The normalized spacial score (nSPS) is 11.2. The number of pyridine rings is 1. The molecule has 6 nitrogen and oxygen atoms in total. The van der Waals surface area contributed by atoms with Gasteiger partial charge in [0.05, 0.1) is 12.3 Å². The Kier molecular flexibility index (Phi) is 5.78. The van der Waals surface area contributed by atoms with Gasteiger partial charge in [-0.05, 0) is 35.4 Å². The van der Waals surface area contributed by atoms with Gasteiger partial charge in [-0.1, -0.05) is 12.1 Å². The Labute approximate surface area is 133 Å². The maximum Gasteiger partial charge on any atom is 0.235 e. The summed E-state index contributed by atoms with van der Waals surface area (Å²) in [5.74, 6) is -1.35. The average molecular weight is 337 g/mol. The van der Waals surface area contributed by atoms with Crippen LogP contribution in [-0.2, 0) is 27.1 Å². The maximum absolute atomic E-state index is 13.0. The molecule has 0 bridgehead atoms. The van der Waals surface area contributed by atoms with E-state index in [2.05, 4.69) is 15.0 Å². The first-order valence-electron chi connectivity index (χ1n) is 6.82. The SMILES string of the molecule is O=C(CNS(=O)(=O)Cc1cccc(F)c1)NCc1ccncc1. The van der Waals surface area contributed by atoms with Gasteiger partial charge in [-0.2, -0.15) is 0 Å². The third-order valence-corrected chi connectivity index (χ3v) is 4.23. The molecule has 0 fully saturated rings. The summed E-state index contributed by atoms with van der Waals surface area (Å²) in [6.45, 7) is -0.0876. The number of carbonyl (C=O) groups is 1. The van der Waals surface area contributed by atoms with Crippen LogP contribution in [-0.4, -0.2) is 25.9 Å². The highest BCUT2D eigenvalue weighted by Gasteiger charge is 2.13. The van der Waals surface area contributed by atoms with Crippen molar-refractivity contribution in [3.05, 3.63) is 65.7 Å². The van der Waals surface area contributed by atoms with E-state index in [9.17, 15) is 17.6 Å². The maximum atomic E-state index is 13.0. The highest BCUT2D eigenvalue weighted by molar-refractivity contribution is 7.88. The molecule has 0 unspecified atom stereocenters. The molecular weight excluding hydrogens is 321 g/mol. The fraction of sp³-hybridized carbons (Fsp3) is 0.200. The second-order valence-corrected chi connectivity index (χ2v) is 6.65. The molecule has 2 rings (SSSR count). The molecule has 122 valence electrons. The minimum Gasteiger partial charge on any atom is -0.351 e. The van der Waals surface area contributed by atoms with Gasteiger partial charge in [-0.3, -0.25) is 9.78 Å². The Balaban J connectivity index is 1.80. The van der Waals surface area contributed by atoms with Crippen LogP contribution in [0.2, 0.25) is 0 Å². The van der Waals surface area contributed by atoms with Crippen molar-refractivity contribution in [3.63, 3.8) is 0 Å². The van der Waals surface area contributed by atoms with Crippen molar-refractivity contribution in [1.82, 2.24) is 15.0 Å². The van der Waals surface area contributed by atoms with E-state index < -0.39 is 21.7 Å². The van der Waals surface area contributed by atoms with Crippen LogP contribution >= 0.6 is 0 Å². The minimum atomic E-state index is -3.72. The lowest BCUT2D eigenvalue weighted by Crippen LogP contribution is -2.37. The Morgan fingerprint density at radius 2 is 1.87 bits per heavy atom. The van der Waals surface area contributed by atoms with Gasteiger partial charge in [0.2, 0.25) is 15.9 Å². The molecule has 0 atom stereocenters. The molecule has 2 aromatic rings. The topological polar surface area (TPSA) is 88.2 Å². The number of hydrogen-bond donors (Lipinski definition) is 2. The van der Waals surface area contributed by atoms with Gasteiger partial charge in [0, 0.05) is 18.9 Å². The van der Waals surface area contributed by atoms with Crippen molar-refractivity contribution in [1.29, 1.82) is 0 Å². The van der Waals surface area contributed by atoms with E-state index >= 15 is 0 Å². The van der Waals surface area contributed by atoms with Gasteiger partial charge in [-0.25, -0.2) is 17.5 Å². The first-order valence-corrected chi connectivity index (χ1v) is 8.47. The van der Waals surface area contributed by atoms with Crippen molar-refractivity contribution in [3.8, 4) is 0 Å². The van der Waals surface area contributed by atoms with Crippen LogP contribution in [0, 0.1) is 5.82 Å². The fourth-order valence-corrected chi connectivity index (χ4v) is 2.91. The van der Waals surface area contributed by atoms with Crippen molar-refractivity contribution < 1.29 is 17.6 Å². The summed E-state index contributed by atoms with van der Waals surface area (Å²) in [5, 5.41) is 2.59. The summed E-state index contributed by atoms with van der Waals surface area (Å²) in [6, 6.07) is 8.80. The number of hydrogen-bond acceptors (Lipinski definition) is 4. The molecule has 0 aliphatic carbocycles. The number of amides is 1. The van der Waals surface area contributed by atoms with Crippen LogP contribution in [0.4, 0.5) is 4.39 Å². The van der Waals surface area contributed by atoms with Crippen LogP contribution < -0.4 is 10.0 Å². The molecule has 0 saturated carbocycles. The van der Waals surface area contributed by atoms with Gasteiger partial charge in [-0.15, -0.1) is 0 Å². The van der Waals surface area contributed by atoms with Gasteiger partial charge in [0.1, 0.15) is 5.82 Å². The molecule has 23 heavy (non-hydrogen) atoms. The molecule has 1 heterocycles. The smallest absolute Gasteiger partial charge is 0.235 e. The summed E-state index contributed by atoms with van der Waals surface area (Å²) >= 11 is 0. The first kappa shape index (κ1) is 17.0. The number of aromatic nitrogens is 1. The third kappa shape index (κ3) is 6.13. The minimum absolute atomic E-state index is 0.285. The predicted octanol–water partition coefficient (Wildman–Crippen LogP) is 0.956. The lowest BCUT2D eigenvalue weighted by Gasteiger charge is -2.08. The van der Waals surface area contributed by atoms with E-state index in [0.29, 0.717) is 5.56 Å². The Morgan fingerprint density at radius 1 is 1.13 bits per heavy atom. The summed E-state index contributed by atoms with van der Waals surface area (Å²) in [6.07, 6.45) is 3.20. The van der Waals surface area contributed by atoms with Crippen LogP contribution in [0.3, 0.4) is 0 Å². The summed E-state index contributed by atoms with van der Waals surface area (Å²) in [4.78, 5) is 15.5. The first-order chi connectivity index (χ1) is 10.9. The molecule has 0 spiro atoms. The van der Waals surface area contributed by atoms with Crippen molar-refractivity contribution >= 4 is 15.9 Å². The second kappa shape index (κ2) is 7.80. The molecule has 2 N–H and O–H groups in total. The van der Waals surface area contributed by atoms with E-state index in [1.807, 2.05) is 0 Å². The van der Waals surface area contributed by atoms with E-state index in [4.69, 9.17) is 0 Å². The molecule has 0 aliphatic rings. The monoisotopic (exact) mass is 337 g/mol. The molecule has 1 aromatic carbocycles. The van der Waals surface area contributed by atoms with Crippen LogP contribution in [0.1, 0.15) is 11.1 Å². The lowest BCUT2D eigenvalue weighted by atomic mass is 10.2. The lowest BCUT2D eigenvalue weighted by molar-refractivity contribution is -0.120. The highest BCUT2D eigenvalue weighted by atomic mass is 32.2. The Morgan fingerprint density at radius 3 is 2.57 bits per heavy atom. The van der Waals surface area contributed by atoms with Crippen LogP contribution in [0.5, 0.6) is 0 Å². The second-order valence-electron chi connectivity index (χ2n) is 4.84. The van der Waals surface area contributed by atoms with Crippen LogP contribution in [0.25, 0.3) is 0 Å². The summed E-state index contributed by atoms with van der Waals surface area (Å²) in [7, 11) is -3.72. The average Bonchev–Trinajstić information content (AvgIpc) is 2.52.